The van der Waals surface area contributed by atoms with E-state index < -0.39 is 0 Å². The average molecular weight is 293 g/mol. The Kier molecular flexibility index (Phi) is 4.19. The molecule has 4 nitrogen and oxygen atoms in total. The molecule has 0 unspecified atom stereocenters. The molecule has 1 N–H and O–H groups in total. The van der Waals surface area contributed by atoms with Crippen molar-refractivity contribution in [3.63, 3.8) is 0 Å². The predicted molar refractivity (Wildman–Crippen MR) is 87.6 cm³/mol. The Labute approximate surface area is 129 Å². The van der Waals surface area contributed by atoms with Crippen molar-refractivity contribution >= 4 is 16.8 Å². The first-order valence-electron chi connectivity index (χ1n) is 7.43. The molecule has 0 bridgehead atoms. The molecule has 0 aliphatic rings. The number of para-hydroxylation sites is 1. The number of carbonyl (C=O) groups is 1. The molecule has 0 radical (unpaired) electrons. The fourth-order valence-electron chi connectivity index (χ4n) is 2.64. The number of amides is 1. The van der Waals surface area contributed by atoms with E-state index in [9.17, 15) is 4.79 Å². The number of aryl methyl sites for hydroxylation is 1. The molecule has 0 spiro atoms. The number of nitrogens with zero attached hydrogens (tertiary/aromatic N) is 2. The van der Waals surface area contributed by atoms with Gasteiger partial charge in [-0.2, -0.15) is 0 Å². The van der Waals surface area contributed by atoms with Crippen molar-refractivity contribution in [2.45, 2.75) is 12.8 Å². The third kappa shape index (κ3) is 3.17. The second kappa shape index (κ2) is 6.43. The molecule has 0 aliphatic carbocycles. The van der Waals surface area contributed by atoms with Gasteiger partial charge in [0.05, 0.1) is 6.42 Å². The lowest BCUT2D eigenvalue weighted by atomic mass is 10.2. The van der Waals surface area contributed by atoms with E-state index >= 15 is 0 Å². The minimum absolute atomic E-state index is 0.0555. The van der Waals surface area contributed by atoms with Crippen LogP contribution >= 0.6 is 0 Å². The summed E-state index contributed by atoms with van der Waals surface area (Å²) in [4.78, 5) is 16.1. The molecule has 1 aromatic carbocycles. The zero-order valence-electron chi connectivity index (χ0n) is 12.6. The number of nitrogens with one attached hydrogen (secondary N) is 1. The number of fused-ring (bicyclic) bond motifs is 1. The molecular weight excluding hydrogens is 274 g/mol. The second-order valence-electron chi connectivity index (χ2n) is 5.39. The number of benzene rings is 1. The van der Waals surface area contributed by atoms with Crippen LogP contribution in [-0.2, 0) is 24.7 Å². The first-order chi connectivity index (χ1) is 10.7. The standard InChI is InChI=1S/C18H19N3O/c1-21-16(12-15-4-2-3-5-17(15)21)13-18(22)20-11-8-14-6-9-19-10-7-14/h2-7,9-10,12H,8,11,13H2,1H3,(H,20,22). The monoisotopic (exact) mass is 293 g/mol. The Morgan fingerprint density at radius 2 is 1.95 bits per heavy atom. The SMILES string of the molecule is Cn1c(CC(=O)NCCc2ccncc2)cc2ccccc21. The van der Waals surface area contributed by atoms with Gasteiger partial charge in [-0.05, 0) is 41.6 Å². The summed E-state index contributed by atoms with van der Waals surface area (Å²) in [6.45, 7) is 0.646. The van der Waals surface area contributed by atoms with Crippen LogP contribution in [0.3, 0.4) is 0 Å². The van der Waals surface area contributed by atoms with Crippen LogP contribution in [0, 0.1) is 0 Å². The van der Waals surface area contributed by atoms with E-state index in [2.05, 4.69) is 33.1 Å². The molecule has 4 heteroatoms. The summed E-state index contributed by atoms with van der Waals surface area (Å²) >= 11 is 0. The second-order valence-corrected chi connectivity index (χ2v) is 5.39. The molecule has 1 amide bonds. The normalized spacial score (nSPS) is 10.8. The van der Waals surface area contributed by atoms with Crippen LogP contribution in [0.5, 0.6) is 0 Å². The van der Waals surface area contributed by atoms with E-state index in [1.165, 1.54) is 10.9 Å². The lowest BCUT2D eigenvalue weighted by Crippen LogP contribution is -2.27. The van der Waals surface area contributed by atoms with E-state index in [1.807, 2.05) is 31.3 Å². The fraction of sp³-hybridized carbons (Fsp3) is 0.222. The summed E-state index contributed by atoms with van der Waals surface area (Å²) < 4.78 is 2.08. The van der Waals surface area contributed by atoms with E-state index in [4.69, 9.17) is 0 Å². The van der Waals surface area contributed by atoms with Gasteiger partial charge in [0.15, 0.2) is 0 Å². The van der Waals surface area contributed by atoms with Gasteiger partial charge in [0, 0.05) is 37.2 Å². The van der Waals surface area contributed by atoms with Gasteiger partial charge in [0.2, 0.25) is 5.91 Å². The fourth-order valence-corrected chi connectivity index (χ4v) is 2.64. The Balaban J connectivity index is 1.58. The Hall–Kier alpha value is -2.62. The Morgan fingerprint density at radius 3 is 2.73 bits per heavy atom. The van der Waals surface area contributed by atoms with Gasteiger partial charge in [0.1, 0.15) is 0 Å². The summed E-state index contributed by atoms with van der Waals surface area (Å²) in [7, 11) is 2.00. The van der Waals surface area contributed by atoms with Crippen LogP contribution in [-0.4, -0.2) is 22.0 Å². The summed E-state index contributed by atoms with van der Waals surface area (Å²) in [5.41, 5.74) is 3.37. The highest BCUT2D eigenvalue weighted by Gasteiger charge is 2.09. The van der Waals surface area contributed by atoms with E-state index in [1.54, 1.807) is 12.4 Å². The number of hydrogen-bond acceptors (Lipinski definition) is 2. The van der Waals surface area contributed by atoms with Crippen molar-refractivity contribution in [1.29, 1.82) is 0 Å². The lowest BCUT2D eigenvalue weighted by Gasteiger charge is -2.06. The summed E-state index contributed by atoms with van der Waals surface area (Å²) in [6.07, 6.45) is 4.77. The molecule has 0 aliphatic heterocycles. The van der Waals surface area contributed by atoms with Crippen molar-refractivity contribution in [2.75, 3.05) is 6.54 Å². The van der Waals surface area contributed by atoms with Crippen molar-refractivity contribution in [1.82, 2.24) is 14.9 Å². The van der Waals surface area contributed by atoms with Crippen LogP contribution < -0.4 is 5.32 Å². The number of pyridine rings is 1. The maximum absolute atomic E-state index is 12.1. The van der Waals surface area contributed by atoms with Gasteiger partial charge < -0.3 is 9.88 Å². The highest BCUT2D eigenvalue weighted by molar-refractivity contribution is 5.84. The molecule has 0 saturated heterocycles. The van der Waals surface area contributed by atoms with Crippen molar-refractivity contribution in [3.8, 4) is 0 Å². The van der Waals surface area contributed by atoms with Crippen LogP contribution in [0.1, 0.15) is 11.3 Å². The first kappa shape index (κ1) is 14.3. The molecule has 3 rings (SSSR count). The summed E-state index contributed by atoms with van der Waals surface area (Å²) in [5, 5.41) is 4.15. The summed E-state index contributed by atoms with van der Waals surface area (Å²) in [5.74, 6) is 0.0555. The Morgan fingerprint density at radius 1 is 1.18 bits per heavy atom. The van der Waals surface area contributed by atoms with Crippen molar-refractivity contribution < 1.29 is 4.79 Å². The number of rotatable bonds is 5. The molecule has 22 heavy (non-hydrogen) atoms. The third-order valence-electron chi connectivity index (χ3n) is 3.88. The van der Waals surface area contributed by atoms with Crippen molar-refractivity contribution in [2.24, 2.45) is 7.05 Å². The van der Waals surface area contributed by atoms with Crippen LogP contribution in [0.2, 0.25) is 0 Å². The third-order valence-corrected chi connectivity index (χ3v) is 3.88. The van der Waals surface area contributed by atoms with E-state index in [0.29, 0.717) is 13.0 Å². The van der Waals surface area contributed by atoms with Crippen molar-refractivity contribution in [3.05, 3.63) is 66.1 Å². The largest absolute Gasteiger partial charge is 0.355 e. The topological polar surface area (TPSA) is 46.9 Å². The molecule has 0 fully saturated rings. The van der Waals surface area contributed by atoms with Gasteiger partial charge in [-0.25, -0.2) is 0 Å². The molecule has 2 heterocycles. The highest BCUT2D eigenvalue weighted by atomic mass is 16.1. The molecular formula is C18H19N3O. The van der Waals surface area contributed by atoms with E-state index in [0.717, 1.165) is 17.6 Å². The summed E-state index contributed by atoms with van der Waals surface area (Å²) in [6, 6.07) is 14.2. The van der Waals surface area contributed by atoms with Gasteiger partial charge in [0.25, 0.3) is 0 Å². The zero-order chi connectivity index (χ0) is 15.4. The highest BCUT2D eigenvalue weighted by Crippen LogP contribution is 2.18. The van der Waals surface area contributed by atoms with Gasteiger partial charge >= 0.3 is 0 Å². The maximum atomic E-state index is 12.1. The number of aromatic nitrogens is 2. The number of hydrogen-bond donors (Lipinski definition) is 1. The van der Waals surface area contributed by atoms with Gasteiger partial charge in [-0.1, -0.05) is 18.2 Å². The van der Waals surface area contributed by atoms with Crippen LogP contribution in [0.4, 0.5) is 0 Å². The van der Waals surface area contributed by atoms with Crippen LogP contribution in [0.25, 0.3) is 10.9 Å². The molecule has 0 saturated carbocycles. The predicted octanol–water partition coefficient (Wildman–Crippen LogP) is 2.47. The minimum atomic E-state index is 0.0555. The molecule has 3 aromatic rings. The quantitative estimate of drug-likeness (QED) is 0.785. The first-order valence-corrected chi connectivity index (χ1v) is 7.43. The van der Waals surface area contributed by atoms with E-state index in [-0.39, 0.29) is 5.91 Å². The molecule has 2 aromatic heterocycles. The smallest absolute Gasteiger partial charge is 0.225 e. The Bertz CT molecular complexity index is 777. The maximum Gasteiger partial charge on any atom is 0.225 e. The van der Waals surface area contributed by atoms with Crippen LogP contribution in [0.15, 0.2) is 54.9 Å². The van der Waals surface area contributed by atoms with Gasteiger partial charge in [-0.3, -0.25) is 9.78 Å². The molecule has 0 atom stereocenters. The minimum Gasteiger partial charge on any atom is -0.355 e. The van der Waals surface area contributed by atoms with Gasteiger partial charge in [-0.15, -0.1) is 0 Å². The number of carbonyl (C=O) groups excluding carboxylic acids is 1. The zero-order valence-corrected chi connectivity index (χ0v) is 12.6. The lowest BCUT2D eigenvalue weighted by molar-refractivity contribution is -0.120. The average Bonchev–Trinajstić information content (AvgIpc) is 2.85. The molecule has 112 valence electrons.